The van der Waals surface area contributed by atoms with E-state index in [1.54, 1.807) is 39.1 Å². The number of benzene rings is 1. The summed E-state index contributed by atoms with van der Waals surface area (Å²) in [4.78, 5) is 30.5. The van der Waals surface area contributed by atoms with Crippen LogP contribution >= 0.6 is 22.6 Å². The number of nitrogens with zero attached hydrogens (tertiary/aromatic N) is 3. The third-order valence-corrected chi connectivity index (χ3v) is 7.59. The lowest BCUT2D eigenvalue weighted by atomic mass is 9.99. The maximum atomic E-state index is 13.0. The molecule has 1 aliphatic carbocycles. The van der Waals surface area contributed by atoms with E-state index >= 15 is 0 Å². The Morgan fingerprint density at radius 3 is 2.27 bits per heavy atom. The fraction of sp³-hybridized carbons (Fsp3) is 0.464. The SMILES string of the molecule is COc1ccc(-c2cc3c(I)cn(C(=O)OC(C)(C)C)c3nc2C2CC2)cc1N(CC(=O)OC(C)(C)C)[SH](=O)=O. The van der Waals surface area contributed by atoms with Crippen LogP contribution in [-0.2, 0) is 25.2 Å². The van der Waals surface area contributed by atoms with Crippen molar-refractivity contribution >= 4 is 62.3 Å². The lowest BCUT2D eigenvalue weighted by molar-refractivity contribution is -0.152. The van der Waals surface area contributed by atoms with Gasteiger partial charge in [0.2, 0.25) is 10.9 Å². The minimum absolute atomic E-state index is 0.207. The number of fused-ring (bicyclic) bond motifs is 1. The van der Waals surface area contributed by atoms with Gasteiger partial charge < -0.3 is 14.2 Å². The van der Waals surface area contributed by atoms with Gasteiger partial charge in [-0.2, -0.15) is 0 Å². The monoisotopic (exact) mass is 683 g/mol. The van der Waals surface area contributed by atoms with Gasteiger partial charge in [-0.05, 0) is 101 Å². The van der Waals surface area contributed by atoms with Crippen molar-refractivity contribution in [2.24, 2.45) is 0 Å². The molecule has 2 aromatic heterocycles. The predicted molar refractivity (Wildman–Crippen MR) is 162 cm³/mol. The van der Waals surface area contributed by atoms with E-state index in [1.807, 2.05) is 32.9 Å². The highest BCUT2D eigenvalue weighted by atomic mass is 127. The number of ether oxygens (including phenoxy) is 3. The van der Waals surface area contributed by atoms with Crippen LogP contribution in [0.4, 0.5) is 10.5 Å². The van der Waals surface area contributed by atoms with E-state index in [1.165, 1.54) is 11.7 Å². The molecule has 0 amide bonds. The number of hydrogen-bond acceptors (Lipinski definition) is 8. The number of carbonyl (C=O) groups excluding carboxylic acids is 2. The smallest absolute Gasteiger partial charge is 0.420 e. The van der Waals surface area contributed by atoms with E-state index in [0.717, 1.165) is 37.4 Å². The first-order chi connectivity index (χ1) is 18.6. The van der Waals surface area contributed by atoms with Crippen molar-refractivity contribution in [2.75, 3.05) is 18.0 Å². The standard InChI is InChI=1S/C28H34IN3O7S/c1-27(2,3)38-23(33)15-32(40(35)36)21-12-17(10-11-22(21)37-7)18-13-19-20(29)14-31(26(34)39-28(4,5)6)25(19)30-24(18)16-8-9-16/h10-14,16,40H,8-9,15H2,1-7H3. The van der Waals surface area contributed by atoms with Crippen LogP contribution in [0, 0.1) is 3.57 Å². The number of esters is 1. The lowest BCUT2D eigenvalue weighted by Crippen LogP contribution is -2.34. The summed E-state index contributed by atoms with van der Waals surface area (Å²) in [6.07, 6.45) is 3.11. The Balaban J connectivity index is 1.83. The number of carbonyl (C=O) groups is 2. The number of pyridine rings is 1. The van der Waals surface area contributed by atoms with Crippen LogP contribution in [-0.4, -0.2) is 54.9 Å². The van der Waals surface area contributed by atoms with Gasteiger partial charge in [0.25, 0.3) is 0 Å². The van der Waals surface area contributed by atoms with Gasteiger partial charge in [-0.3, -0.25) is 9.10 Å². The van der Waals surface area contributed by atoms with E-state index in [0.29, 0.717) is 17.0 Å². The number of methoxy groups -OCH3 is 1. The predicted octanol–water partition coefficient (Wildman–Crippen LogP) is 5.65. The molecule has 10 nitrogen and oxygen atoms in total. The summed E-state index contributed by atoms with van der Waals surface area (Å²) in [6.45, 7) is 10.1. The van der Waals surface area contributed by atoms with E-state index in [-0.39, 0.29) is 11.6 Å². The van der Waals surface area contributed by atoms with E-state index in [4.69, 9.17) is 19.2 Å². The minimum atomic E-state index is -3.19. The second kappa shape index (κ2) is 11.2. The number of anilines is 1. The number of thiol groups is 1. The first-order valence-corrected chi connectivity index (χ1v) is 15.1. The van der Waals surface area contributed by atoms with Crippen molar-refractivity contribution in [1.82, 2.24) is 9.55 Å². The molecular weight excluding hydrogens is 649 g/mol. The first-order valence-electron chi connectivity index (χ1n) is 12.8. The van der Waals surface area contributed by atoms with Crippen LogP contribution < -0.4 is 9.04 Å². The Kier molecular flexibility index (Phi) is 8.42. The highest BCUT2D eigenvalue weighted by Crippen LogP contribution is 2.46. The second-order valence-electron chi connectivity index (χ2n) is 11.7. The zero-order valence-corrected chi connectivity index (χ0v) is 26.7. The van der Waals surface area contributed by atoms with Crippen molar-refractivity contribution in [3.8, 4) is 16.9 Å². The average Bonchev–Trinajstić information content (AvgIpc) is 3.63. The van der Waals surface area contributed by atoms with Crippen molar-refractivity contribution in [2.45, 2.75) is 71.5 Å². The molecule has 0 aliphatic heterocycles. The summed E-state index contributed by atoms with van der Waals surface area (Å²) < 4.78 is 44.3. The van der Waals surface area contributed by atoms with Gasteiger partial charge in [0.05, 0.1) is 18.5 Å². The van der Waals surface area contributed by atoms with Gasteiger partial charge in [0.1, 0.15) is 23.5 Å². The van der Waals surface area contributed by atoms with Crippen molar-refractivity contribution < 1.29 is 32.2 Å². The molecule has 40 heavy (non-hydrogen) atoms. The molecule has 0 N–H and O–H groups in total. The zero-order valence-electron chi connectivity index (χ0n) is 23.6. The van der Waals surface area contributed by atoms with Gasteiger partial charge in [-0.25, -0.2) is 22.8 Å². The average molecular weight is 684 g/mol. The highest BCUT2D eigenvalue weighted by Gasteiger charge is 2.31. The molecule has 0 spiro atoms. The minimum Gasteiger partial charge on any atom is -0.495 e. The van der Waals surface area contributed by atoms with Gasteiger partial charge in [-0.15, -0.1) is 0 Å². The van der Waals surface area contributed by atoms with Gasteiger partial charge >= 0.3 is 12.1 Å². The zero-order chi connectivity index (χ0) is 29.6. The summed E-state index contributed by atoms with van der Waals surface area (Å²) in [6, 6.07) is 7.15. The fourth-order valence-electron chi connectivity index (χ4n) is 4.26. The molecule has 0 saturated heterocycles. The molecule has 3 aromatic rings. The topological polar surface area (TPSA) is 117 Å². The van der Waals surface area contributed by atoms with Gasteiger partial charge in [0.15, 0.2) is 5.65 Å². The van der Waals surface area contributed by atoms with E-state index in [2.05, 4.69) is 22.6 Å². The molecule has 0 radical (unpaired) electrons. The number of aromatic nitrogens is 2. The molecule has 0 unspecified atom stereocenters. The Morgan fingerprint density at radius 1 is 1.07 bits per heavy atom. The molecule has 2 heterocycles. The van der Waals surface area contributed by atoms with Crippen LogP contribution in [0.1, 0.15) is 66.0 Å². The normalized spacial score (nSPS) is 13.9. The second-order valence-corrected chi connectivity index (χ2v) is 13.8. The van der Waals surface area contributed by atoms with Gasteiger partial charge in [-0.1, -0.05) is 6.07 Å². The molecular formula is C28H34IN3O7S. The lowest BCUT2D eigenvalue weighted by Gasteiger charge is -2.24. The summed E-state index contributed by atoms with van der Waals surface area (Å²) in [7, 11) is -1.76. The Bertz CT molecular complexity index is 1540. The maximum absolute atomic E-state index is 13.0. The third kappa shape index (κ3) is 6.88. The molecule has 0 bridgehead atoms. The molecule has 1 aliphatic rings. The quantitative estimate of drug-likeness (QED) is 0.193. The number of hydrogen-bond donors (Lipinski definition) is 1. The van der Waals surface area contributed by atoms with Crippen LogP contribution in [0.3, 0.4) is 0 Å². The molecule has 12 heteroatoms. The first kappa shape index (κ1) is 30.1. The van der Waals surface area contributed by atoms with Crippen LogP contribution in [0.15, 0.2) is 30.5 Å². The molecule has 4 rings (SSSR count). The van der Waals surface area contributed by atoms with Crippen LogP contribution in [0.5, 0.6) is 5.75 Å². The molecule has 1 aromatic carbocycles. The molecule has 1 saturated carbocycles. The Morgan fingerprint density at radius 2 is 1.73 bits per heavy atom. The van der Waals surface area contributed by atoms with E-state index < -0.39 is 40.7 Å². The van der Waals surface area contributed by atoms with Gasteiger partial charge in [0, 0.05) is 26.6 Å². The van der Waals surface area contributed by atoms with E-state index in [9.17, 15) is 18.0 Å². The summed E-state index contributed by atoms with van der Waals surface area (Å²) in [5.41, 5.74) is 1.63. The summed E-state index contributed by atoms with van der Waals surface area (Å²) in [5.74, 6) is -0.184. The van der Waals surface area contributed by atoms with Crippen molar-refractivity contribution in [1.29, 1.82) is 0 Å². The Hall–Kier alpha value is -2.87. The number of rotatable bonds is 7. The van der Waals surface area contributed by atoms with Crippen molar-refractivity contribution in [3.63, 3.8) is 0 Å². The summed E-state index contributed by atoms with van der Waals surface area (Å²) >= 11 is 2.16. The van der Waals surface area contributed by atoms with Crippen LogP contribution in [0.25, 0.3) is 22.2 Å². The summed E-state index contributed by atoms with van der Waals surface area (Å²) in [5, 5.41) is 0.767. The molecule has 216 valence electrons. The Labute approximate surface area is 249 Å². The molecule has 0 atom stereocenters. The fourth-order valence-corrected chi connectivity index (χ4v) is 5.50. The molecule has 1 fully saturated rings. The largest absolute Gasteiger partial charge is 0.495 e. The van der Waals surface area contributed by atoms with Crippen molar-refractivity contribution in [3.05, 3.63) is 39.7 Å². The third-order valence-electron chi connectivity index (χ3n) is 5.98. The maximum Gasteiger partial charge on any atom is 0.420 e. The number of halogens is 1. The highest BCUT2D eigenvalue weighted by molar-refractivity contribution is 14.1. The van der Waals surface area contributed by atoms with Crippen LogP contribution in [0.2, 0.25) is 0 Å².